The molecule has 55 heavy (non-hydrogen) atoms. The SMILES string of the molecule is CC1(C)c2ccccc2-c2ccc(-c3nc(-c4cccc(-n5c6ccccc6c6c7ccccc7c7sc8ccccc8c7c65)c4)nc4ccccc34)cc21. The van der Waals surface area contributed by atoms with Gasteiger partial charge in [-0.25, -0.2) is 9.97 Å². The largest absolute Gasteiger partial charge is 0.309 e. The van der Waals surface area contributed by atoms with Crippen molar-refractivity contribution in [2.24, 2.45) is 0 Å². The summed E-state index contributed by atoms with van der Waals surface area (Å²) in [6.07, 6.45) is 0. The molecule has 0 radical (unpaired) electrons. The predicted octanol–water partition coefficient (Wildman–Crippen LogP) is 13.9. The van der Waals surface area contributed by atoms with Gasteiger partial charge in [-0.15, -0.1) is 11.3 Å². The van der Waals surface area contributed by atoms with Gasteiger partial charge >= 0.3 is 0 Å². The quantitative estimate of drug-likeness (QED) is 0.182. The van der Waals surface area contributed by atoms with Crippen LogP contribution in [-0.2, 0) is 5.41 Å². The Morgan fingerprint density at radius 3 is 2.11 bits per heavy atom. The van der Waals surface area contributed by atoms with Gasteiger partial charge in [0.25, 0.3) is 0 Å². The zero-order chi connectivity index (χ0) is 36.4. The van der Waals surface area contributed by atoms with E-state index in [-0.39, 0.29) is 5.41 Å². The summed E-state index contributed by atoms with van der Waals surface area (Å²) in [4.78, 5) is 10.6. The van der Waals surface area contributed by atoms with Gasteiger partial charge in [0.2, 0.25) is 0 Å². The third-order valence-corrected chi connectivity index (χ3v) is 13.2. The second kappa shape index (κ2) is 11.2. The molecular formula is C51H33N3S. The molecule has 12 rings (SSSR count). The molecule has 0 atom stereocenters. The summed E-state index contributed by atoms with van der Waals surface area (Å²) < 4.78 is 5.11. The lowest BCUT2D eigenvalue weighted by Crippen LogP contribution is -2.15. The molecule has 3 nitrogen and oxygen atoms in total. The highest BCUT2D eigenvalue weighted by molar-refractivity contribution is 7.27. The van der Waals surface area contributed by atoms with Crippen molar-refractivity contribution in [1.82, 2.24) is 14.5 Å². The summed E-state index contributed by atoms with van der Waals surface area (Å²) in [5, 5.41) is 8.78. The van der Waals surface area contributed by atoms with Gasteiger partial charge in [0.15, 0.2) is 5.82 Å². The number of hydrogen-bond donors (Lipinski definition) is 0. The third-order valence-electron chi connectivity index (χ3n) is 12.0. The second-order valence-corrected chi connectivity index (χ2v) is 16.4. The molecule has 1 aliphatic carbocycles. The molecule has 0 unspecified atom stereocenters. The number of nitrogens with zero attached hydrogens (tertiary/aromatic N) is 3. The summed E-state index contributed by atoms with van der Waals surface area (Å²) in [6.45, 7) is 4.67. The van der Waals surface area contributed by atoms with Crippen LogP contribution in [0.2, 0.25) is 0 Å². The van der Waals surface area contributed by atoms with E-state index in [9.17, 15) is 0 Å². The first-order valence-electron chi connectivity index (χ1n) is 18.9. The van der Waals surface area contributed by atoms with E-state index in [1.165, 1.54) is 75.0 Å². The van der Waals surface area contributed by atoms with Crippen LogP contribution in [0.15, 0.2) is 164 Å². The van der Waals surface area contributed by atoms with E-state index in [2.05, 4.69) is 182 Å². The predicted molar refractivity (Wildman–Crippen MR) is 233 cm³/mol. The molecule has 0 spiro atoms. The summed E-state index contributed by atoms with van der Waals surface area (Å²) >= 11 is 1.89. The fourth-order valence-electron chi connectivity index (χ4n) is 9.45. The third kappa shape index (κ3) is 4.26. The number of hydrogen-bond acceptors (Lipinski definition) is 3. The molecule has 3 aromatic heterocycles. The van der Waals surface area contributed by atoms with Crippen LogP contribution in [0.3, 0.4) is 0 Å². The van der Waals surface area contributed by atoms with Crippen LogP contribution in [0.4, 0.5) is 0 Å². The van der Waals surface area contributed by atoms with E-state index in [4.69, 9.17) is 9.97 Å². The average Bonchev–Trinajstić information content (AvgIpc) is 3.87. The Hall–Kier alpha value is -6.62. The number of benzene rings is 8. The van der Waals surface area contributed by atoms with Crippen molar-refractivity contribution in [3.05, 3.63) is 175 Å². The number of aromatic nitrogens is 3. The lowest BCUT2D eigenvalue weighted by atomic mass is 9.82. The standard InChI is InChI=1S/C51H33N3S/c1-51(2)40-22-9-5-16-33(40)34-27-26-30(29-41(34)51)47-37-19-6-10-23-42(37)52-50(53-47)31-14-13-15-32(28-31)54-43-24-11-7-20-38(43)45-35-17-3-4-18-36(35)49-46(48(45)54)39-21-8-12-25-44(39)55-49/h3-29H,1-2H3. The van der Waals surface area contributed by atoms with Crippen molar-refractivity contribution in [1.29, 1.82) is 0 Å². The molecule has 0 bridgehead atoms. The Labute approximate surface area is 321 Å². The maximum Gasteiger partial charge on any atom is 0.160 e. The van der Waals surface area contributed by atoms with Crippen molar-refractivity contribution in [2.45, 2.75) is 19.3 Å². The average molecular weight is 720 g/mol. The van der Waals surface area contributed by atoms with Crippen molar-refractivity contribution >= 4 is 75.0 Å². The summed E-state index contributed by atoms with van der Waals surface area (Å²) in [5.74, 6) is 0.718. The molecule has 0 saturated carbocycles. The van der Waals surface area contributed by atoms with E-state index in [0.717, 1.165) is 39.2 Å². The lowest BCUT2D eigenvalue weighted by Gasteiger charge is -2.22. The zero-order valence-electron chi connectivity index (χ0n) is 30.3. The monoisotopic (exact) mass is 719 g/mol. The van der Waals surface area contributed by atoms with Crippen LogP contribution in [0.1, 0.15) is 25.0 Å². The molecule has 1 aliphatic rings. The smallest absolute Gasteiger partial charge is 0.160 e. The summed E-state index contributed by atoms with van der Waals surface area (Å²) in [6, 6.07) is 59.6. The Morgan fingerprint density at radius 2 is 1.22 bits per heavy atom. The topological polar surface area (TPSA) is 30.7 Å². The van der Waals surface area contributed by atoms with Gasteiger partial charge in [-0.2, -0.15) is 0 Å². The van der Waals surface area contributed by atoms with Gasteiger partial charge < -0.3 is 4.57 Å². The van der Waals surface area contributed by atoms with Crippen LogP contribution < -0.4 is 0 Å². The minimum absolute atomic E-state index is 0.102. The minimum atomic E-state index is -0.102. The lowest BCUT2D eigenvalue weighted by molar-refractivity contribution is 0.660. The second-order valence-electron chi connectivity index (χ2n) is 15.3. The highest BCUT2D eigenvalue weighted by Crippen LogP contribution is 2.50. The maximum absolute atomic E-state index is 5.42. The van der Waals surface area contributed by atoms with Crippen molar-refractivity contribution in [3.63, 3.8) is 0 Å². The highest BCUT2D eigenvalue weighted by Gasteiger charge is 2.35. The normalized spacial score (nSPS) is 13.4. The fraction of sp³-hybridized carbons (Fsp3) is 0.0588. The summed E-state index contributed by atoms with van der Waals surface area (Å²) in [7, 11) is 0. The summed E-state index contributed by atoms with van der Waals surface area (Å²) in [5.41, 5.74) is 12.7. The van der Waals surface area contributed by atoms with Gasteiger partial charge in [-0.3, -0.25) is 0 Å². The Kier molecular flexibility index (Phi) is 6.27. The van der Waals surface area contributed by atoms with Crippen molar-refractivity contribution < 1.29 is 0 Å². The Bertz CT molecular complexity index is 3420. The van der Waals surface area contributed by atoms with Crippen molar-refractivity contribution in [3.8, 4) is 39.5 Å². The molecule has 4 heteroatoms. The molecular weight excluding hydrogens is 687 g/mol. The van der Waals surface area contributed by atoms with Crippen LogP contribution in [0.5, 0.6) is 0 Å². The number of para-hydroxylation sites is 2. The van der Waals surface area contributed by atoms with Crippen LogP contribution in [0.25, 0.3) is 103 Å². The first-order chi connectivity index (χ1) is 27.0. The van der Waals surface area contributed by atoms with E-state index in [1.807, 2.05) is 11.3 Å². The maximum atomic E-state index is 5.42. The molecule has 8 aromatic carbocycles. The van der Waals surface area contributed by atoms with E-state index in [1.54, 1.807) is 0 Å². The molecule has 0 amide bonds. The van der Waals surface area contributed by atoms with Gasteiger partial charge in [-0.05, 0) is 64.0 Å². The van der Waals surface area contributed by atoms with Crippen LogP contribution in [0, 0.1) is 0 Å². The molecule has 258 valence electrons. The number of rotatable bonds is 3. The Balaban J connectivity index is 1.10. The fourth-order valence-corrected chi connectivity index (χ4v) is 10.7. The number of thiophene rings is 1. The van der Waals surface area contributed by atoms with Gasteiger partial charge in [0, 0.05) is 63.9 Å². The van der Waals surface area contributed by atoms with Crippen LogP contribution >= 0.6 is 11.3 Å². The molecule has 0 N–H and O–H groups in total. The van der Waals surface area contributed by atoms with Crippen LogP contribution in [-0.4, -0.2) is 14.5 Å². The number of fused-ring (bicyclic) bond motifs is 14. The van der Waals surface area contributed by atoms with Crippen molar-refractivity contribution in [2.75, 3.05) is 0 Å². The molecule has 0 fully saturated rings. The first-order valence-corrected chi connectivity index (χ1v) is 19.7. The molecule has 0 saturated heterocycles. The van der Waals surface area contributed by atoms with Gasteiger partial charge in [-0.1, -0.05) is 141 Å². The Morgan fingerprint density at radius 1 is 0.509 bits per heavy atom. The minimum Gasteiger partial charge on any atom is -0.309 e. The molecule has 11 aromatic rings. The van der Waals surface area contributed by atoms with E-state index >= 15 is 0 Å². The van der Waals surface area contributed by atoms with Gasteiger partial charge in [0.05, 0.1) is 22.2 Å². The highest BCUT2D eigenvalue weighted by atomic mass is 32.1. The van der Waals surface area contributed by atoms with E-state index in [0.29, 0.717) is 0 Å². The molecule has 0 aliphatic heterocycles. The van der Waals surface area contributed by atoms with Gasteiger partial charge in [0.1, 0.15) is 0 Å². The first kappa shape index (κ1) is 30.8. The van der Waals surface area contributed by atoms with E-state index < -0.39 is 0 Å². The zero-order valence-corrected chi connectivity index (χ0v) is 31.2. The molecule has 3 heterocycles.